The minimum absolute atomic E-state index is 0.109. The predicted molar refractivity (Wildman–Crippen MR) is 116 cm³/mol. The van der Waals surface area contributed by atoms with Crippen molar-refractivity contribution < 1.29 is 14.3 Å². The number of ether oxygens (including phenoxy) is 1. The fourth-order valence-electron chi connectivity index (χ4n) is 4.49. The predicted octanol–water partition coefficient (Wildman–Crippen LogP) is 3.54. The summed E-state index contributed by atoms with van der Waals surface area (Å²) in [7, 11) is 0. The van der Waals surface area contributed by atoms with E-state index in [0.29, 0.717) is 50.1 Å². The van der Waals surface area contributed by atoms with Crippen LogP contribution in [0.5, 0.6) is 0 Å². The quantitative estimate of drug-likeness (QED) is 0.553. The molecule has 2 fully saturated rings. The Hall–Kier alpha value is -2.32. The number of anilines is 1. The molecule has 8 nitrogen and oxygen atoms in total. The van der Waals surface area contributed by atoms with Gasteiger partial charge in [-0.3, -0.25) is 14.8 Å². The van der Waals surface area contributed by atoms with Gasteiger partial charge in [0.2, 0.25) is 0 Å². The van der Waals surface area contributed by atoms with Crippen LogP contribution >= 0.6 is 11.6 Å². The molecule has 3 heterocycles. The lowest BCUT2D eigenvalue weighted by molar-refractivity contribution is -0.132. The lowest BCUT2D eigenvalue weighted by Gasteiger charge is -2.28. The number of amides is 3. The number of imide groups is 1. The topological polar surface area (TPSA) is 99.3 Å². The molecule has 2 aliphatic rings. The van der Waals surface area contributed by atoms with Crippen molar-refractivity contribution >= 4 is 40.1 Å². The average Bonchev–Trinajstić information content (AvgIpc) is 3.28. The molecule has 3 amide bonds. The van der Waals surface area contributed by atoms with Crippen LogP contribution < -0.4 is 10.6 Å². The number of aromatic amines is 1. The molecule has 1 aromatic heterocycles. The molecule has 2 saturated heterocycles. The molecule has 2 aliphatic heterocycles. The third kappa shape index (κ3) is 4.11. The standard InChI is InChI=1S/C21H28ClN5O3/c1-2-5-21(6-7-23-17-10-15(22)11-18-16(17)12-24-26-18)19(28)27(20(29)25-21)13-14-3-8-30-9-4-14/h10-12,14,23H,2-9,13H2,1H3,(H,24,26)(H,25,29). The molecule has 0 spiro atoms. The number of fused-ring (bicyclic) bond motifs is 1. The highest BCUT2D eigenvalue weighted by Crippen LogP contribution is 2.30. The Bertz CT molecular complexity index is 927. The van der Waals surface area contributed by atoms with E-state index in [-0.39, 0.29) is 11.9 Å². The van der Waals surface area contributed by atoms with Gasteiger partial charge >= 0.3 is 6.03 Å². The zero-order valence-corrected chi connectivity index (χ0v) is 17.9. The van der Waals surface area contributed by atoms with Gasteiger partial charge in [-0.1, -0.05) is 24.9 Å². The Balaban J connectivity index is 1.45. The monoisotopic (exact) mass is 433 g/mol. The van der Waals surface area contributed by atoms with E-state index in [2.05, 4.69) is 20.8 Å². The normalized spacial score (nSPS) is 22.7. The van der Waals surface area contributed by atoms with Crippen LogP contribution in [0.3, 0.4) is 0 Å². The molecular formula is C21H28ClN5O3. The number of carbonyl (C=O) groups is 2. The number of aromatic nitrogens is 2. The Labute approximate surface area is 180 Å². The summed E-state index contributed by atoms with van der Waals surface area (Å²) >= 11 is 6.20. The van der Waals surface area contributed by atoms with Crippen LogP contribution in [0.2, 0.25) is 5.02 Å². The van der Waals surface area contributed by atoms with Gasteiger partial charge in [0.05, 0.1) is 11.7 Å². The second-order valence-electron chi connectivity index (χ2n) is 8.20. The van der Waals surface area contributed by atoms with Crippen molar-refractivity contribution in [2.24, 2.45) is 5.92 Å². The number of nitrogens with one attached hydrogen (secondary N) is 3. The highest BCUT2D eigenvalue weighted by molar-refractivity contribution is 6.31. The second kappa shape index (κ2) is 8.81. The third-order valence-electron chi connectivity index (χ3n) is 6.09. The average molecular weight is 434 g/mol. The van der Waals surface area contributed by atoms with Crippen molar-refractivity contribution in [2.45, 2.75) is 44.6 Å². The van der Waals surface area contributed by atoms with E-state index < -0.39 is 5.54 Å². The largest absolute Gasteiger partial charge is 0.384 e. The van der Waals surface area contributed by atoms with Crippen molar-refractivity contribution in [3.63, 3.8) is 0 Å². The number of rotatable bonds is 8. The lowest BCUT2D eigenvalue weighted by Crippen LogP contribution is -2.48. The van der Waals surface area contributed by atoms with Gasteiger partial charge in [-0.2, -0.15) is 5.10 Å². The van der Waals surface area contributed by atoms with Crippen molar-refractivity contribution in [1.29, 1.82) is 0 Å². The molecule has 2 aromatic rings. The summed E-state index contributed by atoms with van der Waals surface area (Å²) in [5.74, 6) is 0.201. The van der Waals surface area contributed by atoms with Crippen LogP contribution in [0.25, 0.3) is 10.9 Å². The Morgan fingerprint density at radius 2 is 2.10 bits per heavy atom. The number of halogens is 1. The summed E-state index contributed by atoms with van der Waals surface area (Å²) in [6.45, 7) is 4.41. The minimum Gasteiger partial charge on any atom is -0.384 e. The lowest BCUT2D eigenvalue weighted by atomic mass is 9.89. The molecule has 3 N–H and O–H groups in total. The number of carbonyl (C=O) groups excluding carboxylic acids is 2. The Morgan fingerprint density at radius 3 is 2.87 bits per heavy atom. The highest BCUT2D eigenvalue weighted by Gasteiger charge is 2.50. The van der Waals surface area contributed by atoms with E-state index in [0.717, 1.165) is 35.9 Å². The van der Waals surface area contributed by atoms with Crippen LogP contribution in [0.15, 0.2) is 18.3 Å². The number of hydrogen-bond acceptors (Lipinski definition) is 5. The van der Waals surface area contributed by atoms with E-state index in [9.17, 15) is 9.59 Å². The van der Waals surface area contributed by atoms with Gasteiger partial charge in [0.1, 0.15) is 5.54 Å². The van der Waals surface area contributed by atoms with Gasteiger partial charge < -0.3 is 15.4 Å². The molecule has 0 aliphatic carbocycles. The molecule has 0 radical (unpaired) electrons. The van der Waals surface area contributed by atoms with Crippen LogP contribution in [0.4, 0.5) is 10.5 Å². The fourth-order valence-corrected chi connectivity index (χ4v) is 4.71. The van der Waals surface area contributed by atoms with E-state index in [1.54, 1.807) is 6.20 Å². The summed E-state index contributed by atoms with van der Waals surface area (Å²) in [6.07, 6.45) is 5.43. The van der Waals surface area contributed by atoms with Gasteiger partial charge in [0, 0.05) is 42.4 Å². The molecule has 0 saturated carbocycles. The summed E-state index contributed by atoms with van der Waals surface area (Å²) in [5.41, 5.74) is 0.841. The summed E-state index contributed by atoms with van der Waals surface area (Å²) in [4.78, 5) is 27.4. The minimum atomic E-state index is -0.863. The second-order valence-corrected chi connectivity index (χ2v) is 8.63. The van der Waals surface area contributed by atoms with E-state index >= 15 is 0 Å². The number of urea groups is 1. The summed E-state index contributed by atoms with van der Waals surface area (Å²) in [6, 6.07) is 3.39. The van der Waals surface area contributed by atoms with E-state index in [1.807, 2.05) is 19.1 Å². The summed E-state index contributed by atoms with van der Waals surface area (Å²) in [5, 5.41) is 14.9. The maximum Gasteiger partial charge on any atom is 0.325 e. The molecular weight excluding hydrogens is 406 g/mol. The maximum atomic E-state index is 13.3. The van der Waals surface area contributed by atoms with Crippen LogP contribution in [-0.2, 0) is 9.53 Å². The zero-order chi connectivity index (χ0) is 21.1. The van der Waals surface area contributed by atoms with E-state index in [4.69, 9.17) is 16.3 Å². The third-order valence-corrected chi connectivity index (χ3v) is 6.31. The highest BCUT2D eigenvalue weighted by atomic mass is 35.5. The Kier molecular flexibility index (Phi) is 6.15. The molecule has 9 heteroatoms. The van der Waals surface area contributed by atoms with Crippen molar-refractivity contribution in [2.75, 3.05) is 31.6 Å². The van der Waals surface area contributed by atoms with Crippen molar-refractivity contribution in [3.05, 3.63) is 23.4 Å². The van der Waals surface area contributed by atoms with Gasteiger partial charge in [0.15, 0.2) is 0 Å². The van der Waals surface area contributed by atoms with E-state index in [1.165, 1.54) is 4.90 Å². The van der Waals surface area contributed by atoms with Crippen LogP contribution in [-0.4, -0.2) is 58.9 Å². The first kappa shape index (κ1) is 20.9. The first-order chi connectivity index (χ1) is 14.5. The molecule has 1 unspecified atom stereocenters. The fraction of sp³-hybridized carbons (Fsp3) is 0.571. The van der Waals surface area contributed by atoms with Gasteiger partial charge in [-0.05, 0) is 43.7 Å². The number of benzene rings is 1. The Morgan fingerprint density at radius 1 is 1.30 bits per heavy atom. The molecule has 4 rings (SSSR count). The molecule has 30 heavy (non-hydrogen) atoms. The van der Waals surface area contributed by atoms with Crippen LogP contribution in [0, 0.1) is 5.92 Å². The van der Waals surface area contributed by atoms with Crippen LogP contribution in [0.1, 0.15) is 39.0 Å². The molecule has 1 aromatic carbocycles. The smallest absolute Gasteiger partial charge is 0.325 e. The summed E-state index contributed by atoms with van der Waals surface area (Å²) < 4.78 is 5.40. The first-order valence-electron chi connectivity index (χ1n) is 10.6. The van der Waals surface area contributed by atoms with Crippen molar-refractivity contribution in [3.8, 4) is 0 Å². The first-order valence-corrected chi connectivity index (χ1v) is 11.0. The SMILES string of the molecule is CCCC1(CCNc2cc(Cl)cc3[nH]ncc23)NC(=O)N(CC2CCOCC2)C1=O. The molecule has 0 bridgehead atoms. The number of H-pyrrole nitrogens is 1. The number of hydrogen-bond donors (Lipinski definition) is 3. The van der Waals surface area contributed by atoms with Crippen molar-refractivity contribution in [1.82, 2.24) is 20.4 Å². The molecule has 1 atom stereocenters. The molecule has 162 valence electrons. The van der Waals surface area contributed by atoms with Gasteiger partial charge in [-0.15, -0.1) is 0 Å². The number of nitrogens with zero attached hydrogens (tertiary/aromatic N) is 2. The van der Waals surface area contributed by atoms with Gasteiger partial charge in [0.25, 0.3) is 5.91 Å². The van der Waals surface area contributed by atoms with Gasteiger partial charge in [-0.25, -0.2) is 4.79 Å². The zero-order valence-electron chi connectivity index (χ0n) is 17.2. The maximum absolute atomic E-state index is 13.3.